The van der Waals surface area contributed by atoms with Crippen molar-refractivity contribution in [2.75, 3.05) is 56.9 Å². The van der Waals surface area contributed by atoms with E-state index in [1.54, 1.807) is 13.1 Å². The van der Waals surface area contributed by atoms with Crippen LogP contribution in [0.25, 0.3) is 0 Å². The summed E-state index contributed by atoms with van der Waals surface area (Å²) in [5, 5.41) is 57.5. The smallest absolute Gasteiger partial charge is 0 e. The second-order valence-corrected chi connectivity index (χ2v) is 17.9. The first kappa shape index (κ1) is 105. The summed E-state index contributed by atoms with van der Waals surface area (Å²) >= 11 is -3.79. The molecule has 0 radical (unpaired) electrons. The summed E-state index contributed by atoms with van der Waals surface area (Å²) in [6.07, 6.45) is 0. The van der Waals surface area contributed by atoms with E-state index in [1.165, 1.54) is 0 Å². The molecule has 51 heavy (non-hydrogen) atoms. The van der Waals surface area contributed by atoms with Crippen LogP contribution in [0.1, 0.15) is 0 Å². The van der Waals surface area contributed by atoms with Crippen molar-refractivity contribution in [1.82, 2.24) is 0 Å². The van der Waals surface area contributed by atoms with Crippen molar-refractivity contribution in [1.29, 1.82) is 0 Å². The van der Waals surface area contributed by atoms with Crippen LogP contribution in [0, 0.1) is 0 Å². The molecule has 308 valence electrons. The second kappa shape index (κ2) is 80.9. The van der Waals surface area contributed by atoms with Crippen LogP contribution < -0.4 is 10.4 Å². The van der Waals surface area contributed by atoms with E-state index >= 15 is 0 Å². The minimum Gasteiger partial charge on any atom is 0 e. The molecule has 0 spiro atoms. The van der Waals surface area contributed by atoms with Gasteiger partial charge in [0.2, 0.25) is 0 Å². The molecule has 27 heteroatoms. The van der Waals surface area contributed by atoms with E-state index in [1.807, 2.05) is 73.8 Å². The molecule has 0 fully saturated rings. The molecule has 0 saturated heterocycles. The fraction of sp³-hybridized carbons (Fsp3) is 0.500. The molecule has 2 rings (SSSR count). The van der Waals surface area contributed by atoms with Crippen molar-refractivity contribution in [3.63, 3.8) is 0 Å². The van der Waals surface area contributed by atoms with Gasteiger partial charge < -0.3 is 80.6 Å². The number of hydrogen-bond donors (Lipinski definition) is 12. The van der Waals surface area contributed by atoms with E-state index in [0.29, 0.717) is 0 Å². The Labute approximate surface area is 392 Å². The van der Waals surface area contributed by atoms with Crippen LogP contribution in [-0.2, 0) is 138 Å². The minimum atomic E-state index is -3.79. The van der Waals surface area contributed by atoms with Gasteiger partial charge in [-0.15, -0.1) is 0 Å². The van der Waals surface area contributed by atoms with Gasteiger partial charge in [-0.3, -0.25) is 0 Å². The topological polar surface area (TPSA) is 404 Å². The van der Waals surface area contributed by atoms with Crippen LogP contribution in [0.2, 0.25) is 26.2 Å². The van der Waals surface area contributed by atoms with Crippen molar-refractivity contribution in [3.05, 3.63) is 60.7 Å². The molecule has 0 atom stereocenters. The molecule has 0 heterocycles. The van der Waals surface area contributed by atoms with Crippen molar-refractivity contribution >= 4 is 36.1 Å². The molecular weight excluding hydrogens is 1130 g/mol. The molecule has 0 unspecified atom stereocenters. The molecule has 20 N–H and O–H groups in total. The molecule has 0 aromatic heterocycles. The zero-order valence-electron chi connectivity index (χ0n) is 31.4. The molecule has 0 bridgehead atoms. The van der Waals surface area contributed by atoms with Crippen molar-refractivity contribution in [2.24, 2.45) is 0 Å². The second-order valence-electron chi connectivity index (χ2n) is 6.71. The minimum absolute atomic E-state index is 0. The van der Waals surface area contributed by atoms with E-state index < -0.39 is 48.3 Å². The van der Waals surface area contributed by atoms with Crippen LogP contribution in [0.15, 0.2) is 60.7 Å². The first-order valence-electron chi connectivity index (χ1n) is 11.8. The summed E-state index contributed by atoms with van der Waals surface area (Å²) in [4.78, 5) is 21.6. The van der Waals surface area contributed by atoms with Crippen molar-refractivity contribution in [3.8, 4) is 0 Å². The summed E-state index contributed by atoms with van der Waals surface area (Å²) in [5.74, 6) is 0. The van der Waals surface area contributed by atoms with Gasteiger partial charge in [-0.1, -0.05) is 60.7 Å². The van der Waals surface area contributed by atoms with Crippen molar-refractivity contribution < 1.29 is 217 Å². The summed E-state index contributed by atoms with van der Waals surface area (Å²) in [6, 6.07) is 18.9. The van der Waals surface area contributed by atoms with E-state index in [-0.39, 0.29) is 127 Å². The third-order valence-corrected chi connectivity index (χ3v) is 12.6. The van der Waals surface area contributed by atoms with Gasteiger partial charge in [-0.05, 0) is 36.6 Å². The van der Waals surface area contributed by atoms with Gasteiger partial charge in [-0.2, -0.15) is 0 Å². The van der Waals surface area contributed by atoms with E-state index in [4.69, 9.17) is 58.3 Å². The molecular formula is C24H66O19Si3Zr5. The molecule has 0 aliphatic carbocycles. The number of rotatable bonds is 6. The standard InChI is InChI=1S/C16H24O4Si3.8CH4O.6H2O.O.5Zr/c1-21(2,17)19-22(3,4)20-23(18,15-11-7-5-8-12-15)16-13-9-6-10-14-16;8*1-2;;;;;;;;;;;;/h5-14,17-18H,1-4H3;8*2H,1H3;6*1H2;;;;;;/q;;;;;;;;;;;;;;;;;;;;+2/p-2. The normalized spacial score (nSPS) is 7.37. The fourth-order valence-electron chi connectivity index (χ4n) is 2.59. The van der Waals surface area contributed by atoms with Crippen molar-refractivity contribution in [2.45, 2.75) is 26.2 Å². The molecule has 0 aliphatic heterocycles. The number of benzene rings is 2. The SMILES string of the molecule is CO.CO.CO.CO.CO.CO.CO.CO.C[Si](C)(O)O[Si](C)(C)O[Si](O)(c1ccccc1)c1ccccc1.O.O.O.O.[O]=[Zr]([OH])[OH].[Zr].[Zr].[Zr].[Zr]. The Morgan fingerprint density at radius 1 is 0.451 bits per heavy atom. The maximum absolute atomic E-state index is 11.5. The van der Waals surface area contributed by atoms with Crippen LogP contribution >= 0.6 is 0 Å². The zero-order valence-corrected chi connectivity index (χ0v) is 46.7. The third-order valence-electron chi connectivity index (χ3n) is 3.22. The Morgan fingerprint density at radius 2 is 0.627 bits per heavy atom. The maximum Gasteiger partial charge on any atom is 0 e. The Morgan fingerprint density at radius 3 is 0.784 bits per heavy atom. The van der Waals surface area contributed by atoms with E-state index in [2.05, 4.69) is 0 Å². The predicted molar refractivity (Wildman–Crippen MR) is 184 cm³/mol. The summed E-state index contributed by atoms with van der Waals surface area (Å²) in [7, 11) is -0.852. The summed E-state index contributed by atoms with van der Waals surface area (Å²) in [6.45, 7) is 7.14. The van der Waals surface area contributed by atoms with E-state index in [9.17, 15) is 9.59 Å². The van der Waals surface area contributed by atoms with Gasteiger partial charge in [0, 0.05) is 162 Å². The number of aliphatic hydroxyl groups excluding tert-OH is 8. The van der Waals surface area contributed by atoms with Gasteiger partial charge >= 0.3 is 57.5 Å². The van der Waals surface area contributed by atoms with E-state index in [0.717, 1.165) is 67.3 Å². The van der Waals surface area contributed by atoms with Gasteiger partial charge in [-0.25, -0.2) is 0 Å². The first-order chi connectivity index (χ1) is 20.4. The molecule has 2 aromatic carbocycles. The fourth-order valence-corrected chi connectivity index (χ4v) is 13.4. The Bertz CT molecular complexity index is 723. The Balaban J connectivity index is -0.0000000271. The summed E-state index contributed by atoms with van der Waals surface area (Å²) < 4.78 is 35.4. The number of aliphatic hydroxyl groups is 8. The molecule has 0 amide bonds. The Hall–Kier alpha value is 2.59. The van der Waals surface area contributed by atoms with Crippen LogP contribution in [0.4, 0.5) is 0 Å². The van der Waals surface area contributed by atoms with Crippen LogP contribution in [-0.4, -0.2) is 161 Å². The average molecular weight is 1200 g/mol. The maximum atomic E-state index is 11.5. The number of hydrogen-bond acceptors (Lipinski definition) is 13. The molecule has 0 aliphatic rings. The predicted octanol–water partition coefficient (Wildman–Crippen LogP) is -6.01. The molecule has 0 saturated carbocycles. The van der Waals surface area contributed by atoms with Gasteiger partial charge in [0.15, 0.2) is 0 Å². The van der Waals surface area contributed by atoms with Crippen LogP contribution in [0.3, 0.4) is 0 Å². The first-order valence-corrected chi connectivity index (χ1v) is 22.5. The largest absolute Gasteiger partial charge is 0 e. The quantitative estimate of drug-likeness (QED) is 0.120. The van der Waals surface area contributed by atoms with Gasteiger partial charge in [0.25, 0.3) is 0 Å². The Kier molecular flexibility index (Phi) is 166. The van der Waals surface area contributed by atoms with Gasteiger partial charge in [0.1, 0.15) is 0 Å². The monoisotopic (exact) mass is 1190 g/mol. The van der Waals surface area contributed by atoms with Gasteiger partial charge in [0.05, 0.1) is 0 Å². The third kappa shape index (κ3) is 74.2. The summed E-state index contributed by atoms with van der Waals surface area (Å²) in [5.41, 5.74) is 0. The average Bonchev–Trinajstić information content (AvgIpc) is 3.04. The van der Waals surface area contributed by atoms with Crippen LogP contribution in [0.5, 0.6) is 0 Å². The molecule has 2 aromatic rings. The molecule has 19 nitrogen and oxygen atoms in total. The zero-order chi connectivity index (χ0) is 36.7.